The molecule has 2 aromatic carbocycles. The fourth-order valence-electron chi connectivity index (χ4n) is 4.28. The number of nitrogens with one attached hydrogen (secondary N) is 3. The highest BCUT2D eigenvalue weighted by molar-refractivity contribution is 6.32. The number of rotatable bonds is 6. The number of hydrogen-bond acceptors (Lipinski definition) is 6. The molecule has 0 fully saturated rings. The number of aromatic nitrogens is 2. The summed E-state index contributed by atoms with van der Waals surface area (Å²) in [6, 6.07) is 13.6. The van der Waals surface area contributed by atoms with Crippen LogP contribution in [0.25, 0.3) is 5.57 Å². The van der Waals surface area contributed by atoms with Crippen molar-refractivity contribution in [3.8, 4) is 0 Å². The predicted octanol–water partition coefficient (Wildman–Crippen LogP) is 3.94. The number of anilines is 2. The second kappa shape index (κ2) is 9.69. The van der Waals surface area contributed by atoms with Gasteiger partial charge in [-0.25, -0.2) is 0 Å². The Hall–Kier alpha value is -4.79. The molecule has 2 aliphatic heterocycles. The maximum absolute atomic E-state index is 13.1. The van der Waals surface area contributed by atoms with Crippen molar-refractivity contribution in [2.45, 2.75) is 27.3 Å². The molecule has 9 nitrogen and oxygen atoms in total. The van der Waals surface area contributed by atoms with Crippen molar-refractivity contribution in [3.63, 3.8) is 0 Å². The average Bonchev–Trinajstić information content (AvgIpc) is 3.57. The number of fused-ring (bicyclic) bond motifs is 1. The van der Waals surface area contributed by atoms with E-state index in [2.05, 4.69) is 26.0 Å². The molecule has 0 radical (unpaired) electrons. The van der Waals surface area contributed by atoms with Crippen LogP contribution in [0.4, 0.5) is 11.4 Å². The largest absolute Gasteiger partial charge is 0.346 e. The Balaban J connectivity index is 1.29. The fourth-order valence-corrected chi connectivity index (χ4v) is 4.28. The normalized spacial score (nSPS) is 15.2. The van der Waals surface area contributed by atoms with E-state index >= 15 is 0 Å². The van der Waals surface area contributed by atoms with Gasteiger partial charge in [0.2, 0.25) is 0 Å². The van der Waals surface area contributed by atoms with Crippen LogP contribution in [0.3, 0.4) is 0 Å². The third-order valence-corrected chi connectivity index (χ3v) is 6.15. The highest BCUT2D eigenvalue weighted by Gasteiger charge is 2.25. The van der Waals surface area contributed by atoms with E-state index in [9.17, 15) is 14.4 Å². The third kappa shape index (κ3) is 4.84. The minimum absolute atomic E-state index is 0.189. The lowest BCUT2D eigenvalue weighted by Crippen LogP contribution is -2.17. The Morgan fingerprint density at radius 1 is 1.08 bits per heavy atom. The number of aliphatic imine (C=N–C) groups is 1. The Morgan fingerprint density at radius 2 is 1.84 bits per heavy atom. The Kier molecular flexibility index (Phi) is 6.27. The van der Waals surface area contributed by atoms with Crippen LogP contribution in [0.15, 0.2) is 71.4 Å². The minimum atomic E-state index is -0.264. The molecular formula is C28H26N6O3. The summed E-state index contributed by atoms with van der Waals surface area (Å²) in [7, 11) is 0. The lowest BCUT2D eigenvalue weighted by molar-refractivity contribution is -0.110. The summed E-state index contributed by atoms with van der Waals surface area (Å²) in [5.74, 6) is 0.0152. The quantitative estimate of drug-likeness (QED) is 0.355. The van der Waals surface area contributed by atoms with E-state index in [1.165, 1.54) is 0 Å². The zero-order chi connectivity index (χ0) is 26.1. The first-order chi connectivity index (χ1) is 17.8. The third-order valence-electron chi connectivity index (χ3n) is 6.15. The maximum atomic E-state index is 13.1. The first-order valence-corrected chi connectivity index (χ1v) is 12.0. The van der Waals surface area contributed by atoms with E-state index in [1.54, 1.807) is 59.4 Å². The molecule has 3 aromatic rings. The molecule has 3 heterocycles. The SMILES string of the molecule is CCn1nc(C)cc1C(=O)Nc1ccc(C(=O)c2ccc3c(c2)NC(=O)/C3=C\NC2=NCC(C)=C2)cc1. The van der Waals surface area contributed by atoms with E-state index in [4.69, 9.17) is 0 Å². The number of aryl methyl sites for hydroxylation is 2. The van der Waals surface area contributed by atoms with Crippen molar-refractivity contribution in [2.24, 2.45) is 4.99 Å². The van der Waals surface area contributed by atoms with Gasteiger partial charge in [-0.15, -0.1) is 0 Å². The van der Waals surface area contributed by atoms with Gasteiger partial charge in [0.05, 0.1) is 17.8 Å². The summed E-state index contributed by atoms with van der Waals surface area (Å²) in [4.78, 5) is 42.6. The molecule has 0 saturated carbocycles. The number of carbonyl (C=O) groups excluding carboxylic acids is 3. The van der Waals surface area contributed by atoms with Crippen LogP contribution in [0.2, 0.25) is 0 Å². The van der Waals surface area contributed by atoms with Gasteiger partial charge in [0.15, 0.2) is 5.78 Å². The van der Waals surface area contributed by atoms with Gasteiger partial charge < -0.3 is 16.0 Å². The Morgan fingerprint density at radius 3 is 2.54 bits per heavy atom. The Bertz CT molecular complexity index is 1530. The van der Waals surface area contributed by atoms with Crippen molar-refractivity contribution < 1.29 is 14.4 Å². The highest BCUT2D eigenvalue weighted by atomic mass is 16.2. The Labute approximate surface area is 214 Å². The highest BCUT2D eigenvalue weighted by Crippen LogP contribution is 2.32. The molecule has 0 aliphatic carbocycles. The molecule has 0 unspecified atom stereocenters. The molecule has 0 bridgehead atoms. The monoisotopic (exact) mass is 494 g/mol. The van der Waals surface area contributed by atoms with Gasteiger partial charge in [-0.05, 0) is 68.8 Å². The molecule has 5 rings (SSSR count). The van der Waals surface area contributed by atoms with Crippen LogP contribution in [0.5, 0.6) is 0 Å². The summed E-state index contributed by atoms with van der Waals surface area (Å²) < 4.78 is 1.65. The standard InChI is InChI=1S/C28H26N6O3/c1-4-34-24(12-17(3)33-34)28(37)31-20-8-5-18(6-9-20)26(35)19-7-10-21-22(27(36)32-23(21)13-19)15-30-25-11-16(2)14-29-25/h5-13,15H,4,14H2,1-3H3,(H,29,30)(H,31,37)(H,32,36)/b22-15-. The van der Waals surface area contributed by atoms with E-state index in [-0.39, 0.29) is 17.6 Å². The topological polar surface area (TPSA) is 117 Å². The molecule has 2 amide bonds. The van der Waals surface area contributed by atoms with Crippen molar-refractivity contribution in [1.82, 2.24) is 15.1 Å². The molecule has 0 atom stereocenters. The van der Waals surface area contributed by atoms with Crippen LogP contribution in [-0.4, -0.2) is 39.8 Å². The van der Waals surface area contributed by atoms with Crippen molar-refractivity contribution >= 4 is 40.4 Å². The van der Waals surface area contributed by atoms with Crippen molar-refractivity contribution in [2.75, 3.05) is 17.2 Å². The lowest BCUT2D eigenvalue weighted by Gasteiger charge is -2.08. The number of amidine groups is 1. The van der Waals surface area contributed by atoms with E-state index in [0.29, 0.717) is 58.3 Å². The van der Waals surface area contributed by atoms with Gasteiger partial charge in [0.1, 0.15) is 11.5 Å². The summed E-state index contributed by atoms with van der Waals surface area (Å²) in [5, 5.41) is 13.0. The summed E-state index contributed by atoms with van der Waals surface area (Å²) in [6.45, 7) is 7.00. The van der Waals surface area contributed by atoms with Crippen LogP contribution >= 0.6 is 0 Å². The second-order valence-electron chi connectivity index (χ2n) is 8.96. The second-order valence-corrected chi connectivity index (χ2v) is 8.96. The van der Waals surface area contributed by atoms with E-state index in [0.717, 1.165) is 11.3 Å². The molecule has 186 valence electrons. The van der Waals surface area contributed by atoms with Crippen LogP contribution in [0.1, 0.15) is 51.5 Å². The molecule has 37 heavy (non-hydrogen) atoms. The molecule has 1 aromatic heterocycles. The first kappa shape index (κ1) is 23.9. The first-order valence-electron chi connectivity index (χ1n) is 12.0. The van der Waals surface area contributed by atoms with Gasteiger partial charge >= 0.3 is 0 Å². The van der Waals surface area contributed by atoms with Gasteiger partial charge in [-0.2, -0.15) is 5.10 Å². The smallest absolute Gasteiger partial charge is 0.273 e. The molecular weight excluding hydrogens is 468 g/mol. The zero-order valence-electron chi connectivity index (χ0n) is 20.8. The number of carbonyl (C=O) groups is 3. The maximum Gasteiger partial charge on any atom is 0.273 e. The lowest BCUT2D eigenvalue weighted by atomic mass is 9.99. The molecule has 3 N–H and O–H groups in total. The van der Waals surface area contributed by atoms with Crippen LogP contribution in [-0.2, 0) is 11.3 Å². The number of hydrogen-bond donors (Lipinski definition) is 3. The van der Waals surface area contributed by atoms with Gasteiger partial charge in [0.25, 0.3) is 11.8 Å². The van der Waals surface area contributed by atoms with E-state index < -0.39 is 0 Å². The molecule has 0 saturated heterocycles. The number of amides is 2. The van der Waals surface area contributed by atoms with Crippen LogP contribution < -0.4 is 16.0 Å². The average molecular weight is 495 g/mol. The zero-order valence-corrected chi connectivity index (χ0v) is 20.8. The summed E-state index contributed by atoms with van der Waals surface area (Å²) in [5.41, 5.74) is 5.66. The predicted molar refractivity (Wildman–Crippen MR) is 143 cm³/mol. The fraction of sp³-hybridized carbons (Fsp3) is 0.179. The minimum Gasteiger partial charge on any atom is -0.346 e. The number of nitrogens with zero attached hydrogens (tertiary/aromatic N) is 3. The van der Waals surface area contributed by atoms with Crippen LogP contribution in [0, 0.1) is 6.92 Å². The summed E-state index contributed by atoms with van der Waals surface area (Å²) >= 11 is 0. The van der Waals surface area contributed by atoms with Crippen molar-refractivity contribution in [1.29, 1.82) is 0 Å². The van der Waals surface area contributed by atoms with Gasteiger partial charge in [-0.3, -0.25) is 24.1 Å². The number of ketones is 1. The van der Waals surface area contributed by atoms with Gasteiger partial charge in [0, 0.05) is 40.8 Å². The van der Waals surface area contributed by atoms with Gasteiger partial charge in [-0.1, -0.05) is 12.1 Å². The molecule has 2 aliphatic rings. The molecule has 9 heteroatoms. The number of benzene rings is 2. The molecule has 0 spiro atoms. The van der Waals surface area contributed by atoms with E-state index in [1.807, 2.05) is 26.8 Å². The van der Waals surface area contributed by atoms with Crippen molar-refractivity contribution in [3.05, 3.63) is 94.5 Å². The summed E-state index contributed by atoms with van der Waals surface area (Å²) in [6.07, 6.45) is 3.57.